The van der Waals surface area contributed by atoms with Crippen molar-refractivity contribution in [3.63, 3.8) is 0 Å². The number of ether oxygens (including phenoxy) is 2. The van der Waals surface area contributed by atoms with Crippen LogP contribution in [0.15, 0.2) is 78.9 Å². The molecular formula is C25H22N2O3S. The monoisotopic (exact) mass is 430 g/mol. The maximum absolute atomic E-state index is 13.7. The van der Waals surface area contributed by atoms with E-state index in [2.05, 4.69) is 0 Å². The molecule has 31 heavy (non-hydrogen) atoms. The Balaban J connectivity index is 1.64. The molecule has 2 atom stereocenters. The summed E-state index contributed by atoms with van der Waals surface area (Å²) < 4.78 is 11.7. The number of benzene rings is 3. The highest BCUT2D eigenvalue weighted by molar-refractivity contribution is 7.80. The van der Waals surface area contributed by atoms with Crippen LogP contribution in [0.2, 0.25) is 0 Å². The molecule has 2 aliphatic heterocycles. The third kappa shape index (κ3) is 3.15. The molecule has 0 saturated carbocycles. The minimum Gasteiger partial charge on any atom is -0.497 e. The lowest BCUT2D eigenvalue weighted by Gasteiger charge is -2.55. The minimum atomic E-state index is -0.700. The molecule has 0 unspecified atom stereocenters. The van der Waals surface area contributed by atoms with E-state index in [9.17, 15) is 4.79 Å². The summed E-state index contributed by atoms with van der Waals surface area (Å²) in [6.07, 6.45) is 0.598. The number of amides is 1. The van der Waals surface area contributed by atoms with Gasteiger partial charge < -0.3 is 9.47 Å². The van der Waals surface area contributed by atoms with Crippen molar-refractivity contribution in [3.8, 4) is 11.5 Å². The standard InChI is InChI=1S/C25H22N2O3S/c1-25-16-21(20-10-6-7-11-22(20)30-25)26(23(28)17-12-14-19(29-2)15-13-17)24(31)27(25)18-8-4-3-5-9-18/h3-15,21H,16H2,1-2H3/t21-,25+/m1/s1. The van der Waals surface area contributed by atoms with E-state index < -0.39 is 5.72 Å². The number of anilines is 1. The van der Waals surface area contributed by atoms with Crippen molar-refractivity contribution < 1.29 is 14.3 Å². The number of carbonyl (C=O) groups is 1. The van der Waals surface area contributed by atoms with Gasteiger partial charge in [0.25, 0.3) is 5.91 Å². The van der Waals surface area contributed by atoms with Crippen LogP contribution < -0.4 is 14.4 Å². The molecule has 2 heterocycles. The van der Waals surface area contributed by atoms with Crippen LogP contribution in [-0.2, 0) is 0 Å². The summed E-state index contributed by atoms with van der Waals surface area (Å²) in [4.78, 5) is 17.4. The Bertz CT molecular complexity index is 1150. The molecule has 156 valence electrons. The van der Waals surface area contributed by atoms with Crippen molar-refractivity contribution >= 4 is 28.9 Å². The number of rotatable bonds is 3. The number of thiocarbonyl (C=S) groups is 1. The smallest absolute Gasteiger partial charge is 0.260 e. The van der Waals surface area contributed by atoms with Gasteiger partial charge in [0, 0.05) is 23.2 Å². The number of hydrogen-bond donors (Lipinski definition) is 0. The highest BCUT2D eigenvalue weighted by atomic mass is 32.1. The minimum absolute atomic E-state index is 0.141. The van der Waals surface area contributed by atoms with Gasteiger partial charge >= 0.3 is 0 Å². The Hall–Kier alpha value is -3.38. The maximum atomic E-state index is 13.7. The summed E-state index contributed by atoms with van der Waals surface area (Å²) in [5.41, 5.74) is 1.72. The van der Waals surface area contributed by atoms with Gasteiger partial charge in [-0.05, 0) is 61.6 Å². The fraction of sp³-hybridized carbons (Fsp3) is 0.200. The van der Waals surface area contributed by atoms with Crippen molar-refractivity contribution in [1.29, 1.82) is 0 Å². The molecule has 5 rings (SSSR count). The molecule has 0 N–H and O–H groups in total. The van der Waals surface area contributed by atoms with Crippen molar-refractivity contribution in [1.82, 2.24) is 4.90 Å². The van der Waals surface area contributed by atoms with Gasteiger partial charge in [0.15, 0.2) is 10.8 Å². The predicted octanol–water partition coefficient (Wildman–Crippen LogP) is 5.18. The molecule has 1 fully saturated rings. The van der Waals surface area contributed by atoms with Gasteiger partial charge in [-0.3, -0.25) is 14.6 Å². The number of methoxy groups -OCH3 is 1. The van der Waals surface area contributed by atoms with Gasteiger partial charge in [-0.2, -0.15) is 0 Å². The third-order valence-corrected chi connectivity index (χ3v) is 6.31. The Labute approximate surface area is 186 Å². The highest BCUT2D eigenvalue weighted by Crippen LogP contribution is 2.49. The maximum Gasteiger partial charge on any atom is 0.260 e. The van der Waals surface area contributed by atoms with Crippen LogP contribution >= 0.6 is 12.2 Å². The van der Waals surface area contributed by atoms with Crippen LogP contribution in [0.1, 0.15) is 35.3 Å². The zero-order valence-corrected chi connectivity index (χ0v) is 18.1. The number of carbonyl (C=O) groups excluding carboxylic acids is 1. The molecule has 5 nitrogen and oxygen atoms in total. The third-order valence-electron chi connectivity index (χ3n) is 5.93. The summed E-state index contributed by atoms with van der Waals surface area (Å²) in [6, 6.07) is 24.6. The average molecular weight is 431 g/mol. The first-order valence-electron chi connectivity index (χ1n) is 10.2. The van der Waals surface area contributed by atoms with Crippen LogP contribution in [0, 0.1) is 0 Å². The summed E-state index contributed by atoms with van der Waals surface area (Å²) >= 11 is 5.94. The lowest BCUT2D eigenvalue weighted by molar-refractivity contribution is 0.0184. The van der Waals surface area contributed by atoms with Crippen LogP contribution in [0.4, 0.5) is 5.69 Å². The summed E-state index contributed by atoms with van der Waals surface area (Å²) in [5, 5.41) is 0.431. The predicted molar refractivity (Wildman–Crippen MR) is 124 cm³/mol. The van der Waals surface area contributed by atoms with Crippen molar-refractivity contribution in [2.75, 3.05) is 12.0 Å². The van der Waals surface area contributed by atoms with Gasteiger partial charge in [0.2, 0.25) is 0 Å². The lowest BCUT2D eigenvalue weighted by atomic mass is 9.88. The van der Waals surface area contributed by atoms with E-state index >= 15 is 0 Å². The van der Waals surface area contributed by atoms with Crippen molar-refractivity contribution in [2.45, 2.75) is 25.1 Å². The largest absolute Gasteiger partial charge is 0.497 e. The zero-order valence-electron chi connectivity index (χ0n) is 17.3. The Morgan fingerprint density at radius 2 is 1.71 bits per heavy atom. The van der Waals surface area contributed by atoms with E-state index in [4.69, 9.17) is 21.7 Å². The molecule has 0 aliphatic carbocycles. The van der Waals surface area contributed by atoms with E-state index in [0.717, 1.165) is 17.0 Å². The van der Waals surface area contributed by atoms with E-state index in [1.54, 1.807) is 36.3 Å². The second kappa shape index (κ2) is 7.39. The molecule has 1 saturated heterocycles. The van der Waals surface area contributed by atoms with Crippen LogP contribution in [0.25, 0.3) is 0 Å². The second-order valence-corrected chi connectivity index (χ2v) is 8.26. The van der Waals surface area contributed by atoms with Gasteiger partial charge in [-0.1, -0.05) is 36.4 Å². The van der Waals surface area contributed by atoms with E-state index in [1.807, 2.05) is 66.4 Å². The normalized spacial score (nSPS) is 21.9. The molecular weight excluding hydrogens is 408 g/mol. The van der Waals surface area contributed by atoms with Crippen LogP contribution in [-0.4, -0.2) is 28.8 Å². The molecule has 6 heteroatoms. The topological polar surface area (TPSA) is 42.0 Å². The molecule has 3 aromatic rings. The number of fused-ring (bicyclic) bond motifs is 4. The Morgan fingerprint density at radius 1 is 1.03 bits per heavy atom. The Morgan fingerprint density at radius 3 is 2.42 bits per heavy atom. The molecule has 2 bridgehead atoms. The van der Waals surface area contributed by atoms with Gasteiger partial charge in [-0.15, -0.1) is 0 Å². The zero-order chi connectivity index (χ0) is 21.6. The molecule has 3 aromatic carbocycles. The molecule has 0 spiro atoms. The van der Waals surface area contributed by atoms with E-state index in [1.165, 1.54) is 0 Å². The van der Waals surface area contributed by atoms with Crippen LogP contribution in [0.3, 0.4) is 0 Å². The first-order valence-corrected chi connectivity index (χ1v) is 10.6. The number of para-hydroxylation sites is 2. The first kappa shape index (κ1) is 19.6. The molecule has 1 amide bonds. The van der Waals surface area contributed by atoms with Gasteiger partial charge in [-0.25, -0.2) is 0 Å². The summed E-state index contributed by atoms with van der Waals surface area (Å²) in [7, 11) is 1.61. The Kier molecular flexibility index (Phi) is 4.67. The number of nitrogens with zero attached hydrogens (tertiary/aromatic N) is 2. The first-order chi connectivity index (χ1) is 15.0. The lowest BCUT2D eigenvalue weighted by Crippen LogP contribution is -2.67. The summed E-state index contributed by atoms with van der Waals surface area (Å²) in [5.74, 6) is 1.34. The van der Waals surface area contributed by atoms with Crippen molar-refractivity contribution in [2.24, 2.45) is 0 Å². The quantitative estimate of drug-likeness (QED) is 0.536. The second-order valence-electron chi connectivity index (χ2n) is 7.89. The number of hydrogen-bond acceptors (Lipinski definition) is 4. The van der Waals surface area contributed by atoms with Gasteiger partial charge in [0.1, 0.15) is 11.5 Å². The van der Waals surface area contributed by atoms with E-state index in [-0.39, 0.29) is 11.9 Å². The van der Waals surface area contributed by atoms with Crippen LogP contribution in [0.5, 0.6) is 11.5 Å². The van der Waals surface area contributed by atoms with Gasteiger partial charge in [0.05, 0.1) is 13.2 Å². The van der Waals surface area contributed by atoms with Crippen molar-refractivity contribution in [3.05, 3.63) is 90.0 Å². The SMILES string of the molecule is COc1ccc(C(=O)N2C(=S)N(c3ccccc3)[C@]3(C)C[C@@H]2c2ccccc2O3)cc1. The fourth-order valence-corrected chi connectivity index (χ4v) is 4.98. The average Bonchev–Trinajstić information content (AvgIpc) is 2.79. The molecule has 0 aromatic heterocycles. The fourth-order valence-electron chi connectivity index (χ4n) is 4.47. The van der Waals surface area contributed by atoms with E-state index in [0.29, 0.717) is 22.8 Å². The molecule has 2 aliphatic rings. The summed E-state index contributed by atoms with van der Waals surface area (Å²) in [6.45, 7) is 2.03. The highest BCUT2D eigenvalue weighted by Gasteiger charge is 2.53. The molecule has 0 radical (unpaired) electrons.